The van der Waals surface area contributed by atoms with Crippen LogP contribution in [-0.4, -0.2) is 47.4 Å². The Hall–Kier alpha value is -1.92. The van der Waals surface area contributed by atoms with Crippen molar-refractivity contribution >= 4 is 11.9 Å². The monoisotopic (exact) mass is 1080 g/mol. The van der Waals surface area contributed by atoms with Gasteiger partial charge in [0.1, 0.15) is 0 Å². The van der Waals surface area contributed by atoms with E-state index in [1.54, 1.807) is 6.08 Å². The number of aliphatic hydroxyl groups is 2. The molecule has 77 heavy (non-hydrogen) atoms. The Labute approximate surface area is 481 Å². The Morgan fingerprint density at radius 2 is 0.649 bits per heavy atom. The van der Waals surface area contributed by atoms with Gasteiger partial charge in [-0.3, -0.25) is 9.59 Å². The molecule has 2 unspecified atom stereocenters. The second-order valence-corrected chi connectivity index (χ2v) is 23.9. The Bertz CT molecular complexity index is 1250. The molecule has 0 fully saturated rings. The van der Waals surface area contributed by atoms with Crippen LogP contribution >= 0.6 is 0 Å². The van der Waals surface area contributed by atoms with E-state index >= 15 is 0 Å². The first-order chi connectivity index (χ1) is 38.0. The summed E-state index contributed by atoms with van der Waals surface area (Å²) < 4.78 is 5.49. The van der Waals surface area contributed by atoms with Gasteiger partial charge < -0.3 is 20.3 Å². The molecule has 0 heterocycles. The molecule has 0 aliphatic heterocycles. The van der Waals surface area contributed by atoms with Crippen molar-refractivity contribution < 1.29 is 24.5 Å². The van der Waals surface area contributed by atoms with Gasteiger partial charge in [-0.05, 0) is 64.2 Å². The number of rotatable bonds is 65. The molecule has 0 saturated carbocycles. The number of amides is 1. The number of nitrogens with one attached hydrogen (secondary N) is 1. The highest BCUT2D eigenvalue weighted by atomic mass is 16.5. The molecule has 0 spiro atoms. The van der Waals surface area contributed by atoms with Crippen LogP contribution in [0, 0.1) is 0 Å². The summed E-state index contributed by atoms with van der Waals surface area (Å²) in [5.41, 5.74) is 0. The molecule has 0 aromatic carbocycles. The molecule has 0 aromatic heterocycles. The fourth-order valence-corrected chi connectivity index (χ4v) is 10.8. The third-order valence-electron chi connectivity index (χ3n) is 16.2. The molecule has 2 atom stereocenters. The Balaban J connectivity index is 3.33. The van der Waals surface area contributed by atoms with Crippen LogP contribution < -0.4 is 5.32 Å². The highest BCUT2D eigenvalue weighted by molar-refractivity contribution is 5.76. The number of unbranched alkanes of at least 4 members (excludes halogenated alkanes) is 50. The molecular weight excluding hydrogens is 947 g/mol. The van der Waals surface area contributed by atoms with Crippen molar-refractivity contribution in [3.05, 3.63) is 36.5 Å². The fraction of sp³-hybridized carbons (Fsp3) is 0.887. The molecule has 454 valence electrons. The number of carbonyl (C=O) groups excluding carboxylic acids is 2. The highest BCUT2D eigenvalue weighted by Gasteiger charge is 2.18. The smallest absolute Gasteiger partial charge is 0.305 e. The third-order valence-corrected chi connectivity index (χ3v) is 16.2. The topological polar surface area (TPSA) is 95.9 Å². The molecule has 0 radical (unpaired) electrons. The zero-order chi connectivity index (χ0) is 55.7. The minimum Gasteiger partial charge on any atom is -0.466 e. The van der Waals surface area contributed by atoms with E-state index in [-0.39, 0.29) is 18.5 Å². The van der Waals surface area contributed by atoms with Crippen molar-refractivity contribution in [3.8, 4) is 0 Å². The van der Waals surface area contributed by atoms with Crippen molar-refractivity contribution in [1.82, 2.24) is 5.32 Å². The molecular formula is C71H135NO5. The summed E-state index contributed by atoms with van der Waals surface area (Å²) in [7, 11) is 0. The predicted molar refractivity (Wildman–Crippen MR) is 338 cm³/mol. The Morgan fingerprint density at radius 1 is 0.364 bits per heavy atom. The number of esters is 1. The van der Waals surface area contributed by atoms with E-state index in [2.05, 4.69) is 43.5 Å². The first-order valence-electron chi connectivity index (χ1n) is 34.8. The van der Waals surface area contributed by atoms with Crippen molar-refractivity contribution in [3.63, 3.8) is 0 Å². The van der Waals surface area contributed by atoms with Gasteiger partial charge in [-0.2, -0.15) is 0 Å². The third kappa shape index (κ3) is 63.1. The number of hydrogen-bond donors (Lipinski definition) is 3. The molecule has 0 aromatic rings. The first kappa shape index (κ1) is 75.1. The molecule has 6 nitrogen and oxygen atoms in total. The zero-order valence-corrected chi connectivity index (χ0v) is 52.0. The first-order valence-corrected chi connectivity index (χ1v) is 34.8. The van der Waals surface area contributed by atoms with Crippen LogP contribution in [0.25, 0.3) is 0 Å². The second-order valence-electron chi connectivity index (χ2n) is 23.9. The lowest BCUT2D eigenvalue weighted by atomic mass is 10.0. The van der Waals surface area contributed by atoms with Gasteiger partial charge in [0.25, 0.3) is 0 Å². The molecule has 0 saturated heterocycles. The maximum absolute atomic E-state index is 12.5. The van der Waals surface area contributed by atoms with Gasteiger partial charge in [0.2, 0.25) is 5.91 Å². The van der Waals surface area contributed by atoms with Crippen LogP contribution in [-0.2, 0) is 14.3 Å². The lowest BCUT2D eigenvalue weighted by Crippen LogP contribution is -2.45. The van der Waals surface area contributed by atoms with Crippen LogP contribution in [0.4, 0.5) is 0 Å². The van der Waals surface area contributed by atoms with Crippen LogP contribution in [0.2, 0.25) is 0 Å². The van der Waals surface area contributed by atoms with E-state index in [1.165, 1.54) is 302 Å². The molecule has 0 aliphatic carbocycles. The molecule has 6 heteroatoms. The number of carbonyl (C=O) groups is 2. The number of ether oxygens (including phenoxy) is 1. The average molecular weight is 1080 g/mol. The summed E-state index contributed by atoms with van der Waals surface area (Å²) in [5, 5.41) is 23.1. The number of hydrogen-bond acceptors (Lipinski definition) is 5. The molecule has 3 N–H and O–H groups in total. The molecule has 0 bridgehead atoms. The van der Waals surface area contributed by atoms with Gasteiger partial charge in [0, 0.05) is 12.8 Å². The molecule has 0 rings (SSSR count). The van der Waals surface area contributed by atoms with E-state index in [9.17, 15) is 19.8 Å². The quantitative estimate of drug-likeness (QED) is 0.0320. The molecule has 0 aliphatic rings. The summed E-state index contributed by atoms with van der Waals surface area (Å²) in [6, 6.07) is -0.624. The van der Waals surface area contributed by atoms with Gasteiger partial charge in [-0.25, -0.2) is 0 Å². The van der Waals surface area contributed by atoms with Crippen molar-refractivity contribution in [2.75, 3.05) is 13.2 Å². The summed E-state index contributed by atoms with van der Waals surface area (Å²) in [6.07, 6.45) is 85.1. The lowest BCUT2D eigenvalue weighted by molar-refractivity contribution is -0.143. The second kappa shape index (κ2) is 66.6. The van der Waals surface area contributed by atoms with E-state index in [1.807, 2.05) is 6.08 Å². The maximum atomic E-state index is 12.5. The Kier molecular flexibility index (Phi) is 64.9. The Morgan fingerprint density at radius 3 is 1.00 bits per heavy atom. The van der Waals surface area contributed by atoms with Crippen molar-refractivity contribution in [2.24, 2.45) is 0 Å². The van der Waals surface area contributed by atoms with Crippen molar-refractivity contribution in [1.29, 1.82) is 0 Å². The van der Waals surface area contributed by atoms with Gasteiger partial charge in [-0.1, -0.05) is 339 Å². The van der Waals surface area contributed by atoms with Crippen LogP contribution in [0.1, 0.15) is 380 Å². The minimum absolute atomic E-state index is 0.00710. The summed E-state index contributed by atoms with van der Waals surface area (Å²) >= 11 is 0. The lowest BCUT2D eigenvalue weighted by Gasteiger charge is -2.20. The van der Waals surface area contributed by atoms with E-state index in [4.69, 9.17) is 4.74 Å². The van der Waals surface area contributed by atoms with Gasteiger partial charge in [-0.15, -0.1) is 0 Å². The van der Waals surface area contributed by atoms with Crippen LogP contribution in [0.3, 0.4) is 0 Å². The number of allylic oxidation sites excluding steroid dienone is 5. The summed E-state index contributed by atoms with van der Waals surface area (Å²) in [5.74, 6) is -0.0556. The summed E-state index contributed by atoms with van der Waals surface area (Å²) in [4.78, 5) is 24.5. The van der Waals surface area contributed by atoms with E-state index in [0.717, 1.165) is 51.4 Å². The predicted octanol–water partition coefficient (Wildman–Crippen LogP) is 22.3. The minimum atomic E-state index is -0.841. The average Bonchev–Trinajstić information content (AvgIpc) is 3.43. The summed E-state index contributed by atoms with van der Waals surface area (Å²) in [6.45, 7) is 4.90. The largest absolute Gasteiger partial charge is 0.466 e. The van der Waals surface area contributed by atoms with E-state index in [0.29, 0.717) is 19.4 Å². The highest BCUT2D eigenvalue weighted by Crippen LogP contribution is 2.19. The van der Waals surface area contributed by atoms with Crippen molar-refractivity contribution in [2.45, 2.75) is 392 Å². The fourth-order valence-electron chi connectivity index (χ4n) is 10.8. The van der Waals surface area contributed by atoms with Gasteiger partial charge >= 0.3 is 5.97 Å². The standard InChI is InChI=1S/C71H135NO5/c1-3-5-7-9-11-13-15-17-18-37-41-45-49-53-57-61-65-71(76)77-66-62-58-54-50-46-42-38-35-33-31-29-27-25-23-21-19-20-22-24-26-28-30-32-34-36-40-44-48-52-56-60-64-70(75)72-68(67-73)69(74)63-59-55-51-47-43-39-16-14-12-10-8-6-4-2/h13,15,18,37,59,63,68-69,73-74H,3-12,14,16-17,19-36,38-58,60-62,64-67H2,1-2H3,(H,72,75)/b15-13-,37-18-,63-59+. The van der Waals surface area contributed by atoms with Gasteiger partial charge in [0.15, 0.2) is 0 Å². The maximum Gasteiger partial charge on any atom is 0.305 e. The number of aliphatic hydroxyl groups excluding tert-OH is 2. The van der Waals surface area contributed by atoms with Crippen LogP contribution in [0.5, 0.6) is 0 Å². The SMILES string of the molecule is CCCCCC/C=C\C/C=C\CCCCCCCC(=O)OCCCCCCCCCCCCCCCCCCCCCCCCCCCCCCCCCC(=O)NC(CO)C(O)/C=C/CCCCCCCCCCCCC. The van der Waals surface area contributed by atoms with Crippen LogP contribution in [0.15, 0.2) is 36.5 Å². The van der Waals surface area contributed by atoms with Gasteiger partial charge in [0.05, 0.1) is 25.4 Å². The molecule has 1 amide bonds. The van der Waals surface area contributed by atoms with E-state index < -0.39 is 12.1 Å². The normalized spacial score (nSPS) is 12.7. The zero-order valence-electron chi connectivity index (χ0n) is 52.0.